The van der Waals surface area contributed by atoms with E-state index in [1.54, 1.807) is 0 Å². The molecule has 0 spiro atoms. The van der Waals surface area contributed by atoms with E-state index in [1.165, 1.54) is 18.3 Å². The Hall–Kier alpha value is -4.49. The highest BCUT2D eigenvalue weighted by atomic mass is 19.4. The van der Waals surface area contributed by atoms with Crippen molar-refractivity contribution in [2.45, 2.75) is 31.1 Å². The van der Waals surface area contributed by atoms with Gasteiger partial charge < -0.3 is 20.7 Å². The maximum atomic E-state index is 13.3. The number of aromatic nitrogens is 3. The number of ether oxygens (including phenoxy) is 1. The van der Waals surface area contributed by atoms with E-state index in [0.717, 1.165) is 24.4 Å². The molecule has 3 aromatic rings. The van der Waals surface area contributed by atoms with Crippen molar-refractivity contribution in [2.75, 3.05) is 5.32 Å². The Morgan fingerprint density at radius 3 is 2.53 bits per heavy atom. The fourth-order valence-electron chi connectivity index (χ4n) is 3.23. The van der Waals surface area contributed by atoms with Crippen molar-refractivity contribution in [1.82, 2.24) is 25.8 Å². The van der Waals surface area contributed by atoms with Crippen LogP contribution in [0.25, 0.3) is 0 Å². The first-order chi connectivity index (χ1) is 17.0. The van der Waals surface area contributed by atoms with Crippen molar-refractivity contribution in [1.29, 1.82) is 0 Å². The van der Waals surface area contributed by atoms with Gasteiger partial charge in [-0.1, -0.05) is 0 Å². The lowest BCUT2D eigenvalue weighted by Gasteiger charge is -2.17. The van der Waals surface area contributed by atoms with Crippen LogP contribution in [-0.4, -0.2) is 32.7 Å². The normalized spacial score (nSPS) is 14.0. The lowest BCUT2D eigenvalue weighted by Crippen LogP contribution is -2.49. The number of halogens is 4. The zero-order chi connectivity index (χ0) is 25.9. The molecule has 188 valence electrons. The number of nitrogens with one attached hydrogen (secondary N) is 4. The monoisotopic (exact) mass is 506 g/mol. The molecule has 0 atom stereocenters. The fourth-order valence-corrected chi connectivity index (χ4v) is 3.23. The molecule has 0 unspecified atom stereocenters. The van der Waals surface area contributed by atoms with Crippen LogP contribution in [0.4, 0.5) is 33.7 Å². The van der Waals surface area contributed by atoms with Gasteiger partial charge in [-0.3, -0.25) is 14.6 Å². The van der Waals surface area contributed by atoms with Crippen LogP contribution in [0.1, 0.15) is 24.1 Å². The lowest BCUT2D eigenvalue weighted by atomic mass is 10.1. The molecule has 1 fully saturated rings. The standard InChI is InChI=1S/C22H18F4N6O4/c23-12-1-4-17(16(7-12)22(24,25)26)30-14-3-2-13(27-10-14)9-28-19(34)21(5-6-21)31-20(35)36-15-8-18(33)32-29-11-15/h1-4,7-8,10-11,30H,5-6,9H2,(H,28,34)(H,31,35)(H,32,33). The van der Waals surface area contributed by atoms with Gasteiger partial charge in [0, 0.05) is 6.07 Å². The molecular weight excluding hydrogens is 488 g/mol. The van der Waals surface area contributed by atoms with Crippen molar-refractivity contribution in [3.8, 4) is 5.75 Å². The number of H-pyrrole nitrogens is 1. The molecule has 0 bridgehead atoms. The van der Waals surface area contributed by atoms with Gasteiger partial charge in [-0.05, 0) is 43.2 Å². The number of anilines is 2. The van der Waals surface area contributed by atoms with Crippen molar-refractivity contribution in [2.24, 2.45) is 0 Å². The Bertz CT molecular complexity index is 1340. The molecule has 1 aliphatic rings. The molecule has 1 aliphatic carbocycles. The topological polar surface area (TPSA) is 138 Å². The molecule has 4 rings (SSSR count). The minimum absolute atomic E-state index is 0.0140. The van der Waals surface area contributed by atoms with E-state index in [4.69, 9.17) is 4.74 Å². The zero-order valence-corrected chi connectivity index (χ0v) is 18.3. The summed E-state index contributed by atoms with van der Waals surface area (Å²) in [6, 6.07) is 6.25. The second-order valence-corrected chi connectivity index (χ2v) is 7.91. The molecule has 14 heteroatoms. The summed E-state index contributed by atoms with van der Waals surface area (Å²) in [7, 11) is 0. The number of alkyl halides is 3. The van der Waals surface area contributed by atoms with Gasteiger partial charge >= 0.3 is 12.3 Å². The van der Waals surface area contributed by atoms with Crippen LogP contribution in [0.15, 0.2) is 53.6 Å². The number of aromatic amines is 1. The van der Waals surface area contributed by atoms with Crippen LogP contribution >= 0.6 is 0 Å². The Balaban J connectivity index is 1.32. The second kappa shape index (κ2) is 9.64. The van der Waals surface area contributed by atoms with Gasteiger partial charge in [-0.15, -0.1) is 0 Å². The van der Waals surface area contributed by atoms with Crippen molar-refractivity contribution < 1.29 is 31.9 Å². The van der Waals surface area contributed by atoms with E-state index in [-0.39, 0.29) is 23.7 Å². The minimum atomic E-state index is -4.75. The van der Waals surface area contributed by atoms with Crippen molar-refractivity contribution in [3.63, 3.8) is 0 Å². The zero-order valence-electron chi connectivity index (χ0n) is 18.3. The third kappa shape index (κ3) is 5.95. The molecule has 2 amide bonds. The van der Waals surface area contributed by atoms with E-state index in [1.807, 2.05) is 0 Å². The number of hydrogen-bond acceptors (Lipinski definition) is 7. The molecule has 0 radical (unpaired) electrons. The van der Waals surface area contributed by atoms with Crippen molar-refractivity contribution in [3.05, 3.63) is 76.2 Å². The van der Waals surface area contributed by atoms with Crippen molar-refractivity contribution >= 4 is 23.4 Å². The number of hydrogen-bond donors (Lipinski definition) is 4. The Kier molecular flexibility index (Phi) is 6.59. The SMILES string of the molecule is O=C(NC1(C(=O)NCc2ccc(Nc3ccc(F)cc3C(F)(F)F)cn2)CC1)Oc1cn[nH]c(=O)c1. The molecule has 2 heterocycles. The lowest BCUT2D eigenvalue weighted by molar-refractivity contribution is -0.137. The number of carbonyl (C=O) groups excluding carboxylic acids is 2. The van der Waals surface area contributed by atoms with Crippen LogP contribution in [0.5, 0.6) is 5.75 Å². The summed E-state index contributed by atoms with van der Waals surface area (Å²) in [5.41, 5.74) is -2.60. The number of carbonyl (C=O) groups is 2. The number of benzene rings is 1. The molecule has 0 saturated heterocycles. The molecule has 1 aromatic carbocycles. The van der Waals surface area contributed by atoms with E-state index in [2.05, 4.69) is 31.1 Å². The van der Waals surface area contributed by atoms with Crippen LogP contribution in [-0.2, 0) is 17.5 Å². The number of pyridine rings is 1. The predicted molar refractivity (Wildman–Crippen MR) is 117 cm³/mol. The van der Waals surface area contributed by atoms with Crippen LogP contribution in [0.3, 0.4) is 0 Å². The van der Waals surface area contributed by atoms with Gasteiger partial charge in [-0.25, -0.2) is 14.3 Å². The Morgan fingerprint density at radius 1 is 1.11 bits per heavy atom. The number of amides is 2. The largest absolute Gasteiger partial charge is 0.418 e. The summed E-state index contributed by atoms with van der Waals surface area (Å²) in [6.45, 7) is -0.0140. The van der Waals surface area contributed by atoms with Crippen LogP contribution < -0.4 is 26.2 Å². The summed E-state index contributed by atoms with van der Waals surface area (Å²) in [4.78, 5) is 40.0. The molecule has 1 saturated carbocycles. The maximum Gasteiger partial charge on any atom is 0.418 e. The molecule has 10 nitrogen and oxygen atoms in total. The highest BCUT2D eigenvalue weighted by Gasteiger charge is 2.51. The average Bonchev–Trinajstić information content (AvgIpc) is 3.59. The van der Waals surface area contributed by atoms with Crippen LogP contribution in [0, 0.1) is 5.82 Å². The number of rotatable bonds is 7. The van der Waals surface area contributed by atoms with E-state index < -0.39 is 40.7 Å². The summed E-state index contributed by atoms with van der Waals surface area (Å²) in [6.07, 6.45) is -2.54. The summed E-state index contributed by atoms with van der Waals surface area (Å²) >= 11 is 0. The van der Waals surface area contributed by atoms with Gasteiger partial charge in [0.15, 0.2) is 5.75 Å². The predicted octanol–water partition coefficient (Wildman–Crippen LogP) is 3.00. The molecule has 2 aromatic heterocycles. The molecule has 4 N–H and O–H groups in total. The first-order valence-electron chi connectivity index (χ1n) is 10.5. The Morgan fingerprint density at radius 2 is 1.89 bits per heavy atom. The van der Waals surface area contributed by atoms with E-state index >= 15 is 0 Å². The maximum absolute atomic E-state index is 13.3. The highest BCUT2D eigenvalue weighted by Crippen LogP contribution is 2.37. The second-order valence-electron chi connectivity index (χ2n) is 7.91. The third-order valence-electron chi connectivity index (χ3n) is 5.20. The van der Waals surface area contributed by atoms with E-state index in [0.29, 0.717) is 24.6 Å². The smallest absolute Gasteiger partial charge is 0.408 e. The van der Waals surface area contributed by atoms with Crippen LogP contribution in [0.2, 0.25) is 0 Å². The quantitative estimate of drug-likeness (QED) is 0.362. The fraction of sp³-hybridized carbons (Fsp3) is 0.227. The average molecular weight is 506 g/mol. The minimum Gasteiger partial charge on any atom is -0.408 e. The molecule has 0 aliphatic heterocycles. The summed E-state index contributed by atoms with van der Waals surface area (Å²) in [5.74, 6) is -1.58. The first kappa shape index (κ1) is 24.6. The number of nitrogens with zero attached hydrogens (tertiary/aromatic N) is 2. The highest BCUT2D eigenvalue weighted by molar-refractivity contribution is 5.93. The third-order valence-corrected chi connectivity index (χ3v) is 5.20. The Labute approximate surface area is 200 Å². The van der Waals surface area contributed by atoms with Gasteiger partial charge in [-0.2, -0.15) is 18.3 Å². The first-order valence-corrected chi connectivity index (χ1v) is 10.5. The molecular formula is C22H18F4N6O4. The summed E-state index contributed by atoms with van der Waals surface area (Å²) < 4.78 is 57.7. The summed E-state index contributed by atoms with van der Waals surface area (Å²) in [5, 5.41) is 13.3. The van der Waals surface area contributed by atoms with E-state index in [9.17, 15) is 31.9 Å². The molecule has 36 heavy (non-hydrogen) atoms. The van der Waals surface area contributed by atoms with Gasteiger partial charge in [0.2, 0.25) is 5.91 Å². The van der Waals surface area contributed by atoms with Gasteiger partial charge in [0.1, 0.15) is 11.4 Å². The van der Waals surface area contributed by atoms with Gasteiger partial charge in [0.25, 0.3) is 5.56 Å². The van der Waals surface area contributed by atoms with Gasteiger partial charge in [0.05, 0.1) is 41.6 Å².